The summed E-state index contributed by atoms with van der Waals surface area (Å²) in [6.45, 7) is 2.03. The van der Waals surface area contributed by atoms with E-state index in [2.05, 4.69) is 36.1 Å². The van der Waals surface area contributed by atoms with Gasteiger partial charge in [0.25, 0.3) is 5.91 Å². The molecular formula is C20H19BrN4O. The molecular weight excluding hydrogens is 392 g/mol. The Balaban J connectivity index is 1.66. The van der Waals surface area contributed by atoms with Gasteiger partial charge >= 0.3 is 0 Å². The molecule has 1 aliphatic heterocycles. The predicted octanol–water partition coefficient (Wildman–Crippen LogP) is 4.63. The van der Waals surface area contributed by atoms with Crippen LogP contribution >= 0.6 is 15.9 Å². The summed E-state index contributed by atoms with van der Waals surface area (Å²) in [5, 5.41) is 3.95. The van der Waals surface area contributed by atoms with E-state index in [1.54, 1.807) is 12.4 Å². The fourth-order valence-corrected chi connectivity index (χ4v) is 3.79. The Morgan fingerprint density at radius 1 is 1.04 bits per heavy atom. The van der Waals surface area contributed by atoms with Crippen LogP contribution in [0.2, 0.25) is 0 Å². The van der Waals surface area contributed by atoms with Gasteiger partial charge in [-0.05, 0) is 65.5 Å². The molecule has 4 rings (SSSR count). The van der Waals surface area contributed by atoms with Gasteiger partial charge < -0.3 is 10.2 Å². The lowest BCUT2D eigenvalue weighted by Crippen LogP contribution is -2.30. The first-order chi connectivity index (χ1) is 12.7. The number of fused-ring (bicyclic) bond motifs is 1. The molecule has 1 amide bonds. The van der Waals surface area contributed by atoms with Gasteiger partial charge in [-0.2, -0.15) is 0 Å². The van der Waals surface area contributed by atoms with Crippen molar-refractivity contribution in [2.75, 3.05) is 23.3 Å². The third kappa shape index (κ3) is 3.42. The Bertz CT molecular complexity index is 953. The van der Waals surface area contributed by atoms with Crippen molar-refractivity contribution in [1.82, 2.24) is 9.97 Å². The number of carbonyl (C=O) groups excluding carboxylic acids is 1. The second kappa shape index (κ2) is 7.41. The van der Waals surface area contributed by atoms with E-state index in [0.29, 0.717) is 5.56 Å². The van der Waals surface area contributed by atoms with Crippen molar-refractivity contribution in [1.29, 1.82) is 0 Å². The summed E-state index contributed by atoms with van der Waals surface area (Å²) in [6, 6.07) is 13.2. The van der Waals surface area contributed by atoms with Crippen LogP contribution < -0.4 is 10.2 Å². The molecule has 0 unspecified atom stereocenters. The average molecular weight is 411 g/mol. The van der Waals surface area contributed by atoms with Crippen LogP contribution in [-0.2, 0) is 0 Å². The Morgan fingerprint density at radius 2 is 1.85 bits per heavy atom. The summed E-state index contributed by atoms with van der Waals surface area (Å²) in [4.78, 5) is 23.8. The standard InChI is InChI=1S/C20H19BrN4O/c21-17-7-3-2-6-15(17)20(26)24-14-8-9-18-16(12-14)19(23-13-22-18)25-10-4-1-5-11-25/h2-3,6-9,12-13H,1,4-5,10-11H2,(H,24,26). The first-order valence-electron chi connectivity index (χ1n) is 8.78. The number of halogens is 1. The Kier molecular flexibility index (Phi) is 4.84. The normalized spacial score (nSPS) is 14.4. The van der Waals surface area contributed by atoms with E-state index >= 15 is 0 Å². The minimum atomic E-state index is -0.145. The van der Waals surface area contributed by atoms with Gasteiger partial charge in [-0.3, -0.25) is 4.79 Å². The molecule has 0 radical (unpaired) electrons. The maximum absolute atomic E-state index is 12.6. The van der Waals surface area contributed by atoms with Crippen LogP contribution in [0.4, 0.5) is 11.5 Å². The Morgan fingerprint density at radius 3 is 2.65 bits per heavy atom. The number of carbonyl (C=O) groups is 1. The third-order valence-corrected chi connectivity index (χ3v) is 5.34. The quantitative estimate of drug-likeness (QED) is 0.683. The second-order valence-corrected chi connectivity index (χ2v) is 7.27. The smallest absolute Gasteiger partial charge is 0.256 e. The van der Waals surface area contributed by atoms with Gasteiger partial charge in [0.05, 0.1) is 11.1 Å². The highest BCUT2D eigenvalue weighted by Gasteiger charge is 2.16. The fourth-order valence-electron chi connectivity index (χ4n) is 3.32. The highest BCUT2D eigenvalue weighted by atomic mass is 79.9. The summed E-state index contributed by atoms with van der Waals surface area (Å²) >= 11 is 3.43. The lowest BCUT2D eigenvalue weighted by molar-refractivity contribution is 0.102. The van der Waals surface area contributed by atoms with Crippen LogP contribution in [-0.4, -0.2) is 29.0 Å². The second-order valence-electron chi connectivity index (χ2n) is 6.41. The number of nitrogens with zero attached hydrogens (tertiary/aromatic N) is 3. The molecule has 3 aromatic rings. The van der Waals surface area contributed by atoms with E-state index in [9.17, 15) is 4.79 Å². The van der Waals surface area contributed by atoms with Gasteiger partial charge in [0.2, 0.25) is 0 Å². The molecule has 26 heavy (non-hydrogen) atoms. The van der Waals surface area contributed by atoms with Gasteiger partial charge in [0, 0.05) is 28.6 Å². The molecule has 1 aliphatic rings. The molecule has 1 N–H and O–H groups in total. The molecule has 5 nitrogen and oxygen atoms in total. The molecule has 0 saturated carbocycles. The highest BCUT2D eigenvalue weighted by molar-refractivity contribution is 9.10. The number of rotatable bonds is 3. The van der Waals surface area contributed by atoms with Crippen molar-refractivity contribution >= 4 is 44.2 Å². The van der Waals surface area contributed by atoms with Gasteiger partial charge in [-0.25, -0.2) is 9.97 Å². The van der Waals surface area contributed by atoms with Crippen LogP contribution in [0.5, 0.6) is 0 Å². The van der Waals surface area contributed by atoms with E-state index in [1.165, 1.54) is 19.3 Å². The molecule has 0 atom stereocenters. The molecule has 132 valence electrons. The number of amides is 1. The summed E-state index contributed by atoms with van der Waals surface area (Å²) < 4.78 is 0.774. The molecule has 2 heterocycles. The van der Waals surface area contributed by atoms with E-state index in [1.807, 2.05) is 36.4 Å². The van der Waals surface area contributed by atoms with Crippen LogP contribution in [0.25, 0.3) is 10.9 Å². The number of piperidine rings is 1. The van der Waals surface area contributed by atoms with E-state index in [-0.39, 0.29) is 5.91 Å². The fraction of sp³-hybridized carbons (Fsp3) is 0.250. The van der Waals surface area contributed by atoms with Crippen molar-refractivity contribution in [2.24, 2.45) is 0 Å². The molecule has 0 spiro atoms. The maximum Gasteiger partial charge on any atom is 0.256 e. The van der Waals surface area contributed by atoms with Gasteiger partial charge in [-0.15, -0.1) is 0 Å². The number of benzene rings is 2. The number of aromatic nitrogens is 2. The van der Waals surface area contributed by atoms with E-state index in [4.69, 9.17) is 0 Å². The van der Waals surface area contributed by atoms with Gasteiger partial charge in [-0.1, -0.05) is 12.1 Å². The van der Waals surface area contributed by atoms with Gasteiger partial charge in [0.1, 0.15) is 12.1 Å². The lowest BCUT2D eigenvalue weighted by atomic mass is 10.1. The molecule has 1 aromatic heterocycles. The average Bonchev–Trinajstić information content (AvgIpc) is 2.68. The number of hydrogen-bond acceptors (Lipinski definition) is 4. The number of nitrogens with one attached hydrogen (secondary N) is 1. The maximum atomic E-state index is 12.6. The summed E-state index contributed by atoms with van der Waals surface area (Å²) in [5.74, 6) is 0.805. The largest absolute Gasteiger partial charge is 0.356 e. The Hall–Kier alpha value is -2.47. The Labute approximate surface area is 160 Å². The van der Waals surface area contributed by atoms with E-state index < -0.39 is 0 Å². The number of hydrogen-bond donors (Lipinski definition) is 1. The minimum Gasteiger partial charge on any atom is -0.356 e. The molecule has 2 aromatic carbocycles. The first kappa shape index (κ1) is 17.0. The zero-order valence-electron chi connectivity index (χ0n) is 14.3. The molecule has 0 bridgehead atoms. The summed E-state index contributed by atoms with van der Waals surface area (Å²) in [6.07, 6.45) is 5.26. The van der Waals surface area contributed by atoms with Crippen molar-refractivity contribution in [2.45, 2.75) is 19.3 Å². The molecule has 1 saturated heterocycles. The van der Waals surface area contributed by atoms with Crippen molar-refractivity contribution < 1.29 is 4.79 Å². The molecule has 6 heteroatoms. The topological polar surface area (TPSA) is 58.1 Å². The monoisotopic (exact) mass is 410 g/mol. The van der Waals surface area contributed by atoms with Crippen molar-refractivity contribution in [3.05, 3.63) is 58.8 Å². The number of anilines is 2. The minimum absolute atomic E-state index is 0.145. The third-order valence-electron chi connectivity index (χ3n) is 4.65. The lowest BCUT2D eigenvalue weighted by Gasteiger charge is -2.28. The predicted molar refractivity (Wildman–Crippen MR) is 108 cm³/mol. The van der Waals surface area contributed by atoms with E-state index in [0.717, 1.165) is 40.0 Å². The van der Waals surface area contributed by atoms with Crippen molar-refractivity contribution in [3.8, 4) is 0 Å². The van der Waals surface area contributed by atoms with Crippen LogP contribution in [0.1, 0.15) is 29.6 Å². The highest BCUT2D eigenvalue weighted by Crippen LogP contribution is 2.28. The zero-order valence-corrected chi connectivity index (χ0v) is 15.9. The molecule has 0 aliphatic carbocycles. The SMILES string of the molecule is O=C(Nc1ccc2ncnc(N3CCCCC3)c2c1)c1ccccc1Br. The van der Waals surface area contributed by atoms with Gasteiger partial charge in [0.15, 0.2) is 0 Å². The van der Waals surface area contributed by atoms with Crippen LogP contribution in [0.15, 0.2) is 53.3 Å². The van der Waals surface area contributed by atoms with Crippen LogP contribution in [0, 0.1) is 0 Å². The van der Waals surface area contributed by atoms with Crippen molar-refractivity contribution in [3.63, 3.8) is 0 Å². The van der Waals surface area contributed by atoms with Crippen LogP contribution in [0.3, 0.4) is 0 Å². The summed E-state index contributed by atoms with van der Waals surface area (Å²) in [7, 11) is 0. The zero-order chi connectivity index (χ0) is 17.9. The first-order valence-corrected chi connectivity index (χ1v) is 9.57. The summed E-state index contributed by atoms with van der Waals surface area (Å²) in [5.41, 5.74) is 2.24. The molecule has 1 fully saturated rings.